The Morgan fingerprint density at radius 2 is 1.94 bits per heavy atom. The van der Waals surface area contributed by atoms with E-state index in [1.807, 2.05) is 12.5 Å². The van der Waals surface area contributed by atoms with Crippen molar-refractivity contribution in [3.63, 3.8) is 0 Å². The highest BCUT2D eigenvalue weighted by Crippen LogP contribution is 2.27. The molecule has 0 radical (unpaired) electrons. The van der Waals surface area contributed by atoms with Crippen molar-refractivity contribution in [3.05, 3.63) is 18.2 Å². The molecule has 0 bridgehead atoms. The summed E-state index contributed by atoms with van der Waals surface area (Å²) in [4.78, 5) is 4.32. The molecule has 1 heterocycles. The number of nitrogens with zero attached hydrogens (tertiary/aromatic N) is 2. The Morgan fingerprint density at radius 3 is 2.50 bits per heavy atom. The number of nitrogens with two attached hydrogens (primary N) is 1. The van der Waals surface area contributed by atoms with Gasteiger partial charge in [-0.3, -0.25) is 0 Å². The van der Waals surface area contributed by atoms with Crippen LogP contribution in [0.15, 0.2) is 12.5 Å². The van der Waals surface area contributed by atoms with Crippen molar-refractivity contribution >= 4 is 0 Å². The van der Waals surface area contributed by atoms with Crippen LogP contribution >= 0.6 is 0 Å². The van der Waals surface area contributed by atoms with Crippen molar-refractivity contribution < 1.29 is 0 Å². The zero-order valence-corrected chi connectivity index (χ0v) is 12.4. The summed E-state index contributed by atoms with van der Waals surface area (Å²) in [5.74, 6) is 0.453. The fraction of sp³-hybridized carbons (Fsp3) is 0.800. The van der Waals surface area contributed by atoms with E-state index < -0.39 is 0 Å². The third kappa shape index (κ3) is 3.84. The molecule has 0 aliphatic heterocycles. The van der Waals surface area contributed by atoms with Crippen LogP contribution in [-0.4, -0.2) is 9.55 Å². The average Bonchev–Trinajstić information content (AvgIpc) is 2.82. The van der Waals surface area contributed by atoms with E-state index in [-0.39, 0.29) is 6.04 Å². The SMILES string of the molecule is CCCCC(CCC)n1cncc1C(N)C(C)C. The van der Waals surface area contributed by atoms with Crippen LogP contribution in [0.4, 0.5) is 0 Å². The van der Waals surface area contributed by atoms with Gasteiger partial charge < -0.3 is 10.3 Å². The van der Waals surface area contributed by atoms with E-state index in [0.717, 1.165) is 0 Å². The van der Waals surface area contributed by atoms with E-state index >= 15 is 0 Å². The van der Waals surface area contributed by atoms with Crippen LogP contribution in [0, 0.1) is 5.92 Å². The van der Waals surface area contributed by atoms with Gasteiger partial charge in [0.25, 0.3) is 0 Å². The number of unbranched alkanes of at least 4 members (excludes halogenated alkanes) is 1. The van der Waals surface area contributed by atoms with Crippen molar-refractivity contribution in [3.8, 4) is 0 Å². The van der Waals surface area contributed by atoms with Gasteiger partial charge in [-0.2, -0.15) is 0 Å². The Labute approximate surface area is 112 Å². The fourth-order valence-electron chi connectivity index (χ4n) is 2.42. The van der Waals surface area contributed by atoms with Crippen LogP contribution in [0.5, 0.6) is 0 Å². The predicted molar refractivity (Wildman–Crippen MR) is 77.5 cm³/mol. The topological polar surface area (TPSA) is 43.8 Å². The number of imidazole rings is 1. The zero-order chi connectivity index (χ0) is 13.5. The molecular formula is C15H29N3. The van der Waals surface area contributed by atoms with Crippen molar-refractivity contribution in [1.29, 1.82) is 0 Å². The Kier molecular flexibility index (Phi) is 6.41. The van der Waals surface area contributed by atoms with Gasteiger partial charge in [-0.1, -0.05) is 47.0 Å². The van der Waals surface area contributed by atoms with Gasteiger partial charge in [0, 0.05) is 18.3 Å². The highest BCUT2D eigenvalue weighted by molar-refractivity contribution is 5.07. The minimum atomic E-state index is 0.0912. The Morgan fingerprint density at radius 1 is 1.22 bits per heavy atom. The van der Waals surface area contributed by atoms with Crippen molar-refractivity contribution in [2.24, 2.45) is 11.7 Å². The second-order valence-corrected chi connectivity index (χ2v) is 5.58. The van der Waals surface area contributed by atoms with Gasteiger partial charge in [0.2, 0.25) is 0 Å². The smallest absolute Gasteiger partial charge is 0.0951 e. The third-order valence-electron chi connectivity index (χ3n) is 3.66. The van der Waals surface area contributed by atoms with E-state index in [2.05, 4.69) is 37.2 Å². The molecular weight excluding hydrogens is 222 g/mol. The van der Waals surface area contributed by atoms with Crippen molar-refractivity contribution in [2.75, 3.05) is 0 Å². The highest BCUT2D eigenvalue weighted by Gasteiger charge is 2.19. The molecule has 0 spiro atoms. The van der Waals surface area contributed by atoms with Gasteiger partial charge in [-0.15, -0.1) is 0 Å². The first-order valence-electron chi connectivity index (χ1n) is 7.39. The van der Waals surface area contributed by atoms with Gasteiger partial charge in [-0.05, 0) is 18.8 Å². The van der Waals surface area contributed by atoms with Gasteiger partial charge in [0.15, 0.2) is 0 Å². The van der Waals surface area contributed by atoms with Crippen LogP contribution in [0.3, 0.4) is 0 Å². The van der Waals surface area contributed by atoms with Crippen LogP contribution < -0.4 is 5.73 Å². The molecule has 0 amide bonds. The molecule has 0 fully saturated rings. The Bertz CT molecular complexity index is 330. The van der Waals surface area contributed by atoms with Crippen LogP contribution in [-0.2, 0) is 0 Å². The molecule has 0 aliphatic carbocycles. The van der Waals surface area contributed by atoms with Crippen LogP contribution in [0.2, 0.25) is 0 Å². The summed E-state index contributed by atoms with van der Waals surface area (Å²) in [5.41, 5.74) is 7.48. The monoisotopic (exact) mass is 251 g/mol. The van der Waals surface area contributed by atoms with E-state index in [1.54, 1.807) is 0 Å². The van der Waals surface area contributed by atoms with Crippen LogP contribution in [0.25, 0.3) is 0 Å². The van der Waals surface area contributed by atoms with Crippen molar-refractivity contribution in [2.45, 2.75) is 71.9 Å². The largest absolute Gasteiger partial charge is 0.330 e. The number of rotatable bonds is 8. The molecule has 2 atom stereocenters. The molecule has 0 saturated carbocycles. The minimum absolute atomic E-state index is 0.0912. The fourth-order valence-corrected chi connectivity index (χ4v) is 2.42. The quantitative estimate of drug-likeness (QED) is 0.757. The molecule has 2 unspecified atom stereocenters. The summed E-state index contributed by atoms with van der Waals surface area (Å²) in [5, 5.41) is 0. The van der Waals surface area contributed by atoms with Gasteiger partial charge in [-0.25, -0.2) is 4.98 Å². The van der Waals surface area contributed by atoms with Crippen molar-refractivity contribution in [1.82, 2.24) is 9.55 Å². The zero-order valence-electron chi connectivity index (χ0n) is 12.4. The van der Waals surface area contributed by atoms with E-state index in [9.17, 15) is 0 Å². The number of hydrogen-bond donors (Lipinski definition) is 1. The maximum atomic E-state index is 6.28. The summed E-state index contributed by atoms with van der Waals surface area (Å²) in [6.45, 7) is 8.83. The lowest BCUT2D eigenvalue weighted by molar-refractivity contribution is 0.383. The van der Waals surface area contributed by atoms with Gasteiger partial charge in [0.1, 0.15) is 0 Å². The minimum Gasteiger partial charge on any atom is -0.330 e. The summed E-state index contributed by atoms with van der Waals surface area (Å²) < 4.78 is 2.32. The molecule has 104 valence electrons. The molecule has 0 saturated heterocycles. The molecule has 3 nitrogen and oxygen atoms in total. The molecule has 3 heteroatoms. The molecule has 1 aromatic heterocycles. The summed E-state index contributed by atoms with van der Waals surface area (Å²) in [7, 11) is 0. The average molecular weight is 251 g/mol. The molecule has 18 heavy (non-hydrogen) atoms. The summed E-state index contributed by atoms with van der Waals surface area (Å²) >= 11 is 0. The van der Waals surface area contributed by atoms with Gasteiger partial charge in [0.05, 0.1) is 12.0 Å². The highest BCUT2D eigenvalue weighted by atomic mass is 15.1. The molecule has 2 N–H and O–H groups in total. The first-order valence-corrected chi connectivity index (χ1v) is 7.39. The lowest BCUT2D eigenvalue weighted by Gasteiger charge is -2.24. The van der Waals surface area contributed by atoms with E-state index in [0.29, 0.717) is 12.0 Å². The van der Waals surface area contributed by atoms with Crippen LogP contribution in [0.1, 0.15) is 77.6 Å². The Balaban J connectivity index is 2.87. The van der Waals surface area contributed by atoms with E-state index in [4.69, 9.17) is 5.73 Å². The second kappa shape index (κ2) is 7.57. The molecule has 0 aromatic carbocycles. The summed E-state index contributed by atoms with van der Waals surface area (Å²) in [6.07, 6.45) is 10.1. The normalized spacial score (nSPS) is 15.0. The standard InChI is InChI=1S/C15H29N3/c1-5-7-9-13(8-6-2)18-11-17-10-14(18)15(16)12(3)4/h10-13,15H,5-9,16H2,1-4H3. The molecule has 1 aromatic rings. The predicted octanol–water partition coefficient (Wildman–Crippen LogP) is 4.07. The maximum absolute atomic E-state index is 6.28. The maximum Gasteiger partial charge on any atom is 0.0951 e. The third-order valence-corrected chi connectivity index (χ3v) is 3.66. The number of hydrogen-bond acceptors (Lipinski definition) is 2. The first-order chi connectivity index (χ1) is 8.61. The Hall–Kier alpha value is -0.830. The summed E-state index contributed by atoms with van der Waals surface area (Å²) in [6, 6.07) is 0.658. The van der Waals surface area contributed by atoms with Gasteiger partial charge >= 0.3 is 0 Å². The number of aromatic nitrogens is 2. The lowest BCUT2D eigenvalue weighted by Crippen LogP contribution is -2.22. The molecule has 1 rings (SSSR count). The second-order valence-electron chi connectivity index (χ2n) is 5.58. The lowest BCUT2D eigenvalue weighted by atomic mass is 10.00. The molecule has 0 aliphatic rings. The van der Waals surface area contributed by atoms with E-state index in [1.165, 1.54) is 37.8 Å². The first kappa shape index (κ1) is 15.2.